The monoisotopic (exact) mass is 481 g/mol. The second kappa shape index (κ2) is 9.18. The summed E-state index contributed by atoms with van der Waals surface area (Å²) in [5, 5.41) is 0. The van der Waals surface area contributed by atoms with Crippen LogP contribution in [0, 0.1) is 5.92 Å². The van der Waals surface area contributed by atoms with Gasteiger partial charge in [-0.25, -0.2) is 0 Å². The van der Waals surface area contributed by atoms with Gasteiger partial charge in [0.05, 0.1) is 7.11 Å². The minimum absolute atomic E-state index is 0.0818. The van der Waals surface area contributed by atoms with Crippen LogP contribution in [-0.4, -0.2) is 24.6 Å². The molecule has 6 heteroatoms. The maximum Gasteiger partial charge on any atom is 0.315 e. The number of halogens is 1. The van der Waals surface area contributed by atoms with Crippen molar-refractivity contribution in [3.63, 3.8) is 0 Å². The Morgan fingerprint density at radius 3 is 2.48 bits per heavy atom. The van der Waals surface area contributed by atoms with E-state index in [4.69, 9.17) is 9.47 Å². The number of nitrogens with zero attached hydrogens (tertiary/aromatic N) is 1. The zero-order valence-corrected chi connectivity index (χ0v) is 19.1. The Morgan fingerprint density at radius 2 is 1.81 bits per heavy atom. The summed E-state index contributed by atoms with van der Waals surface area (Å²) in [5.41, 5.74) is 3.98. The van der Waals surface area contributed by atoms with E-state index in [-0.39, 0.29) is 24.3 Å². The molecule has 1 heterocycles. The minimum Gasteiger partial charge on any atom is -0.497 e. The zero-order chi connectivity index (χ0) is 22.0. The normalized spacial score (nSPS) is 20.7. The molecule has 1 unspecified atom stereocenters. The molecule has 31 heavy (non-hydrogen) atoms. The highest BCUT2D eigenvalue weighted by Crippen LogP contribution is 2.43. The molecule has 5 nitrogen and oxygen atoms in total. The smallest absolute Gasteiger partial charge is 0.315 e. The van der Waals surface area contributed by atoms with Gasteiger partial charge in [0.25, 0.3) is 0 Å². The van der Waals surface area contributed by atoms with E-state index in [0.29, 0.717) is 17.7 Å². The molecular weight excluding hydrogens is 458 g/mol. The van der Waals surface area contributed by atoms with Gasteiger partial charge in [-0.3, -0.25) is 14.6 Å². The lowest BCUT2D eigenvalue weighted by Gasteiger charge is -2.34. The first-order valence-corrected chi connectivity index (χ1v) is 11.1. The maximum atomic E-state index is 13.3. The fraction of sp³-hybridized carbons (Fsp3) is 0.320. The van der Waals surface area contributed by atoms with Gasteiger partial charge in [-0.05, 0) is 55.2 Å². The first kappa shape index (κ1) is 21.5. The number of allylic oxidation sites excluding steroid dienone is 2. The van der Waals surface area contributed by atoms with Gasteiger partial charge in [0.2, 0.25) is 0 Å². The van der Waals surface area contributed by atoms with E-state index >= 15 is 0 Å². The van der Waals surface area contributed by atoms with Crippen molar-refractivity contribution in [2.24, 2.45) is 10.9 Å². The van der Waals surface area contributed by atoms with Crippen molar-refractivity contribution < 1.29 is 19.1 Å². The van der Waals surface area contributed by atoms with Crippen LogP contribution < -0.4 is 4.74 Å². The van der Waals surface area contributed by atoms with Crippen LogP contribution >= 0.6 is 15.9 Å². The van der Waals surface area contributed by atoms with Crippen LogP contribution in [0.3, 0.4) is 0 Å². The minimum atomic E-state index is -0.625. The summed E-state index contributed by atoms with van der Waals surface area (Å²) in [6.45, 7) is 2.01. The summed E-state index contributed by atoms with van der Waals surface area (Å²) in [7, 11) is 1.61. The average molecular weight is 482 g/mol. The molecule has 0 radical (unpaired) electrons. The molecule has 4 rings (SSSR count). The van der Waals surface area contributed by atoms with E-state index in [1.807, 2.05) is 55.5 Å². The summed E-state index contributed by atoms with van der Waals surface area (Å²) < 4.78 is 11.8. The molecule has 0 N–H and O–H groups in total. The molecule has 1 aliphatic carbocycles. The van der Waals surface area contributed by atoms with E-state index in [0.717, 1.165) is 39.9 Å². The van der Waals surface area contributed by atoms with Crippen molar-refractivity contribution in [2.45, 2.75) is 38.7 Å². The van der Waals surface area contributed by atoms with Crippen LogP contribution in [0.1, 0.15) is 43.2 Å². The fourth-order valence-corrected chi connectivity index (χ4v) is 4.57. The Hall–Kier alpha value is -2.73. The molecule has 0 saturated heterocycles. The number of carbonyl (C=O) groups is 2. The van der Waals surface area contributed by atoms with Gasteiger partial charge in [-0.1, -0.05) is 40.2 Å². The number of Topliss-reactive ketones (excluding diaryl/α,β-unsaturated/α-hetero) is 1. The lowest BCUT2D eigenvalue weighted by atomic mass is 9.72. The van der Waals surface area contributed by atoms with Crippen LogP contribution in [0.25, 0.3) is 0 Å². The van der Waals surface area contributed by atoms with Crippen molar-refractivity contribution in [3.8, 4) is 5.75 Å². The van der Waals surface area contributed by atoms with Crippen LogP contribution in [0.2, 0.25) is 0 Å². The molecule has 2 aliphatic rings. The highest BCUT2D eigenvalue weighted by atomic mass is 79.9. The summed E-state index contributed by atoms with van der Waals surface area (Å²) in [4.78, 5) is 30.8. The van der Waals surface area contributed by atoms with Crippen molar-refractivity contribution in [3.05, 3.63) is 75.4 Å². The molecule has 0 spiro atoms. The van der Waals surface area contributed by atoms with Gasteiger partial charge >= 0.3 is 5.97 Å². The average Bonchev–Trinajstić information content (AvgIpc) is 2.77. The highest BCUT2D eigenvalue weighted by Gasteiger charge is 2.43. The zero-order valence-electron chi connectivity index (χ0n) is 17.6. The molecule has 2 aromatic rings. The van der Waals surface area contributed by atoms with E-state index in [9.17, 15) is 9.59 Å². The van der Waals surface area contributed by atoms with E-state index in [1.165, 1.54) is 0 Å². The standard InChI is InChI=1S/C25H24BrNO4/c1-15-22(25(29)31-14-16-6-12-19(30-2)13-7-16)23(17-8-10-18(26)11-9-17)24-20(27-15)4-3-5-21(24)28/h6-13,22-23H,3-5,14H2,1-2H3/t22?,23-/m1/s1. The Labute approximate surface area is 190 Å². The van der Waals surface area contributed by atoms with Gasteiger partial charge < -0.3 is 9.47 Å². The van der Waals surface area contributed by atoms with Crippen LogP contribution in [-0.2, 0) is 20.9 Å². The molecule has 0 bridgehead atoms. The number of benzene rings is 2. The van der Waals surface area contributed by atoms with Crippen LogP contribution in [0.4, 0.5) is 0 Å². The van der Waals surface area contributed by atoms with E-state index < -0.39 is 5.92 Å². The topological polar surface area (TPSA) is 65.0 Å². The van der Waals surface area contributed by atoms with Gasteiger partial charge in [0.1, 0.15) is 18.3 Å². The summed E-state index contributed by atoms with van der Waals surface area (Å²) in [5.74, 6) is -0.541. The molecule has 0 aromatic heterocycles. The summed E-state index contributed by atoms with van der Waals surface area (Å²) in [6, 6.07) is 15.2. The predicted octanol–water partition coefficient (Wildman–Crippen LogP) is 5.38. The highest BCUT2D eigenvalue weighted by molar-refractivity contribution is 9.10. The third-order valence-electron chi connectivity index (χ3n) is 5.86. The predicted molar refractivity (Wildman–Crippen MR) is 122 cm³/mol. The molecule has 1 aliphatic heterocycles. The number of methoxy groups -OCH3 is 1. The van der Waals surface area contributed by atoms with E-state index in [1.54, 1.807) is 7.11 Å². The second-order valence-electron chi connectivity index (χ2n) is 7.85. The van der Waals surface area contributed by atoms with Gasteiger partial charge in [0.15, 0.2) is 5.78 Å². The van der Waals surface area contributed by atoms with E-state index in [2.05, 4.69) is 20.9 Å². The number of hydrogen-bond donors (Lipinski definition) is 0. The van der Waals surface area contributed by atoms with Gasteiger partial charge in [-0.2, -0.15) is 0 Å². The number of ketones is 1. The number of carbonyl (C=O) groups excluding carboxylic acids is 2. The Kier molecular flexibility index (Phi) is 6.37. The molecular formula is C25H24BrNO4. The maximum absolute atomic E-state index is 13.3. The molecule has 0 saturated carbocycles. The van der Waals surface area contributed by atoms with Crippen molar-refractivity contribution >= 4 is 33.4 Å². The third kappa shape index (κ3) is 4.49. The first-order valence-electron chi connectivity index (χ1n) is 10.3. The molecule has 0 fully saturated rings. The fourth-order valence-electron chi connectivity index (χ4n) is 4.31. The van der Waals surface area contributed by atoms with Gasteiger partial charge in [0, 0.05) is 33.8 Å². The summed E-state index contributed by atoms with van der Waals surface area (Å²) in [6.07, 6.45) is 2.06. The first-order chi connectivity index (χ1) is 15.0. The largest absolute Gasteiger partial charge is 0.497 e. The number of ether oxygens (including phenoxy) is 2. The van der Waals surface area contributed by atoms with Crippen molar-refractivity contribution in [1.29, 1.82) is 0 Å². The molecule has 2 aromatic carbocycles. The molecule has 160 valence electrons. The Balaban J connectivity index is 1.64. The Bertz CT molecular complexity index is 1050. The second-order valence-corrected chi connectivity index (χ2v) is 8.77. The summed E-state index contributed by atoms with van der Waals surface area (Å²) >= 11 is 3.46. The lowest BCUT2D eigenvalue weighted by molar-refractivity contribution is -0.148. The van der Waals surface area contributed by atoms with Crippen molar-refractivity contribution in [2.75, 3.05) is 7.11 Å². The SMILES string of the molecule is COc1ccc(COC(=O)C2C(C)=NC3=C(C(=O)CCC3)[C@@H]2c2ccc(Br)cc2)cc1. The number of esters is 1. The van der Waals surface area contributed by atoms with Crippen LogP contribution in [0.5, 0.6) is 5.75 Å². The molecule has 2 atom stereocenters. The number of hydrogen-bond acceptors (Lipinski definition) is 5. The quantitative estimate of drug-likeness (QED) is 0.537. The van der Waals surface area contributed by atoms with Gasteiger partial charge in [-0.15, -0.1) is 0 Å². The van der Waals surface area contributed by atoms with Crippen LogP contribution in [0.15, 0.2) is 69.3 Å². The van der Waals surface area contributed by atoms with Crippen molar-refractivity contribution in [1.82, 2.24) is 0 Å². The third-order valence-corrected chi connectivity index (χ3v) is 6.39. The number of aliphatic imine (C=N–C) groups is 1. The number of rotatable bonds is 5. The lowest BCUT2D eigenvalue weighted by Crippen LogP contribution is -2.37. The Morgan fingerprint density at radius 1 is 1.10 bits per heavy atom. The molecule has 0 amide bonds.